The zero-order valence-corrected chi connectivity index (χ0v) is 21.8. The summed E-state index contributed by atoms with van der Waals surface area (Å²) in [4.78, 5) is 44.4. The van der Waals surface area contributed by atoms with Gasteiger partial charge in [0, 0.05) is 12.1 Å². The van der Waals surface area contributed by atoms with E-state index in [0.29, 0.717) is 34.8 Å². The molecule has 6 rings (SSSR count). The Kier molecular flexibility index (Phi) is 6.95. The van der Waals surface area contributed by atoms with Crippen molar-refractivity contribution in [1.29, 1.82) is 0 Å². The summed E-state index contributed by atoms with van der Waals surface area (Å²) >= 11 is 0. The summed E-state index contributed by atoms with van der Waals surface area (Å²) < 4.78 is 31.6. The van der Waals surface area contributed by atoms with Crippen molar-refractivity contribution < 1.29 is 33.4 Å². The summed E-state index contributed by atoms with van der Waals surface area (Å²) in [7, 11) is -4.27. The lowest BCUT2D eigenvalue weighted by atomic mass is 10.1. The quantitative estimate of drug-likeness (QED) is 0.231. The van der Waals surface area contributed by atoms with Gasteiger partial charge in [-0.25, -0.2) is 19.7 Å². The number of amides is 2. The number of rotatable bonds is 8. The number of nitrogens with zero attached hydrogens (tertiary/aromatic N) is 4. The van der Waals surface area contributed by atoms with E-state index in [0.717, 1.165) is 5.56 Å². The number of aromatic nitrogens is 4. The lowest BCUT2D eigenvalue weighted by molar-refractivity contribution is -0.113. The molecule has 4 heterocycles. The first-order valence-electron chi connectivity index (χ1n) is 12.5. The second-order valence-corrected chi connectivity index (χ2v) is 11.0. The van der Waals surface area contributed by atoms with E-state index in [4.69, 9.17) is 14.2 Å². The molecule has 4 N–H and O–H groups in total. The minimum absolute atomic E-state index is 0.0229. The Bertz CT molecular complexity index is 1610. The maximum Gasteiger partial charge on any atom is 0.325 e. The second kappa shape index (κ2) is 10.7. The van der Waals surface area contributed by atoms with Crippen molar-refractivity contribution in [3.05, 3.63) is 90.4 Å². The van der Waals surface area contributed by atoms with Gasteiger partial charge in [-0.2, -0.15) is 0 Å². The van der Waals surface area contributed by atoms with Crippen LogP contribution >= 0.6 is 7.60 Å². The number of anilines is 2. The number of benzene rings is 2. The summed E-state index contributed by atoms with van der Waals surface area (Å²) in [5.74, 6) is 0.953. The van der Waals surface area contributed by atoms with E-state index in [9.17, 15) is 19.1 Å². The SMILES string of the molecule is O=C(Nc1ccccc1)Nc1ncnc2c1ncn2[C@@H]1OC(CCP(=O)(O)O)C2=C1OC(Cc1ccccc1)O2. The van der Waals surface area contributed by atoms with Crippen LogP contribution < -0.4 is 10.6 Å². The monoisotopic (exact) mass is 564 g/mol. The number of fused-ring (bicyclic) bond motifs is 1. The van der Waals surface area contributed by atoms with E-state index in [1.54, 1.807) is 28.8 Å². The maximum atomic E-state index is 12.6. The van der Waals surface area contributed by atoms with Crippen LogP contribution in [0.4, 0.5) is 16.3 Å². The molecule has 0 bridgehead atoms. The second-order valence-electron chi connectivity index (χ2n) is 9.23. The Morgan fingerprint density at radius 3 is 2.42 bits per heavy atom. The molecule has 2 aromatic heterocycles. The zero-order chi connectivity index (χ0) is 27.7. The van der Waals surface area contributed by atoms with Gasteiger partial charge in [-0.3, -0.25) is 14.4 Å². The summed E-state index contributed by atoms with van der Waals surface area (Å²) in [6.07, 6.45) is 0.626. The van der Waals surface area contributed by atoms with Gasteiger partial charge in [-0.05, 0) is 24.1 Å². The number of carbonyl (C=O) groups is 1. The Morgan fingerprint density at radius 1 is 0.950 bits per heavy atom. The van der Waals surface area contributed by atoms with Crippen molar-refractivity contribution in [3.8, 4) is 0 Å². The van der Waals surface area contributed by atoms with Gasteiger partial charge in [-0.15, -0.1) is 0 Å². The van der Waals surface area contributed by atoms with E-state index in [1.165, 1.54) is 12.7 Å². The predicted molar refractivity (Wildman–Crippen MR) is 143 cm³/mol. The highest BCUT2D eigenvalue weighted by molar-refractivity contribution is 7.51. The minimum atomic E-state index is -4.27. The first-order chi connectivity index (χ1) is 19.3. The van der Waals surface area contributed by atoms with Gasteiger partial charge in [0.25, 0.3) is 0 Å². The fourth-order valence-corrected chi connectivity index (χ4v) is 5.16. The lowest BCUT2D eigenvalue weighted by Crippen LogP contribution is -2.24. The molecule has 0 aliphatic carbocycles. The van der Waals surface area contributed by atoms with Crippen LogP contribution in [0.25, 0.3) is 11.2 Å². The first-order valence-corrected chi connectivity index (χ1v) is 14.3. The van der Waals surface area contributed by atoms with Crippen molar-refractivity contribution in [2.24, 2.45) is 0 Å². The summed E-state index contributed by atoms with van der Waals surface area (Å²) in [5, 5.41) is 5.42. The Labute approximate surface area is 228 Å². The van der Waals surface area contributed by atoms with Gasteiger partial charge in [0.05, 0.1) is 12.5 Å². The van der Waals surface area contributed by atoms with E-state index in [-0.39, 0.29) is 18.4 Å². The third-order valence-electron chi connectivity index (χ3n) is 6.37. The molecule has 13 nitrogen and oxygen atoms in total. The van der Waals surface area contributed by atoms with Crippen LogP contribution in [-0.4, -0.2) is 53.9 Å². The molecule has 14 heteroatoms. The molecule has 0 saturated heterocycles. The summed E-state index contributed by atoms with van der Waals surface area (Å²) in [6.45, 7) is 0. The highest BCUT2D eigenvalue weighted by Crippen LogP contribution is 2.46. The largest absolute Gasteiger partial charge is 0.452 e. The fraction of sp³-hybridized carbons (Fsp3) is 0.231. The van der Waals surface area contributed by atoms with Gasteiger partial charge in [0.2, 0.25) is 6.29 Å². The highest BCUT2D eigenvalue weighted by atomic mass is 31.2. The fourth-order valence-electron chi connectivity index (χ4n) is 4.59. The molecule has 3 atom stereocenters. The molecule has 206 valence electrons. The molecule has 0 spiro atoms. The molecule has 0 radical (unpaired) electrons. The van der Waals surface area contributed by atoms with Crippen molar-refractivity contribution in [2.75, 3.05) is 16.8 Å². The number of hydrogen-bond donors (Lipinski definition) is 4. The summed E-state index contributed by atoms with van der Waals surface area (Å²) in [5.41, 5.74) is 2.28. The Morgan fingerprint density at radius 2 is 1.68 bits per heavy atom. The van der Waals surface area contributed by atoms with Crippen LogP contribution in [0.3, 0.4) is 0 Å². The number of carbonyl (C=O) groups excluding carboxylic acids is 1. The molecule has 0 saturated carbocycles. The topological polar surface area (TPSA) is 170 Å². The van der Waals surface area contributed by atoms with Crippen LogP contribution in [0.15, 0.2) is 84.8 Å². The Hall–Kier alpha value is -4.29. The zero-order valence-electron chi connectivity index (χ0n) is 21.0. The molecule has 2 aliphatic heterocycles. The molecule has 2 aromatic carbocycles. The normalized spacial score (nSPS) is 20.2. The molecule has 40 heavy (non-hydrogen) atoms. The molecule has 4 aromatic rings. The van der Waals surface area contributed by atoms with Crippen LogP contribution in [-0.2, 0) is 25.2 Å². The molecule has 0 fully saturated rings. The van der Waals surface area contributed by atoms with E-state index < -0.39 is 32.2 Å². The van der Waals surface area contributed by atoms with Gasteiger partial charge in [0.1, 0.15) is 12.4 Å². The van der Waals surface area contributed by atoms with Crippen LogP contribution in [0.5, 0.6) is 0 Å². The van der Waals surface area contributed by atoms with E-state index in [1.807, 2.05) is 36.4 Å². The standard InChI is InChI=1S/C26H25N6O7P/c33-26(30-17-9-5-2-6-10-17)31-23-20-24(28-14-27-23)32(15-29-20)25-22-21(18(37-25)11-12-40(34,35)36)38-19(39-22)13-16-7-3-1-4-8-16/h1-10,14-15,18-19,25H,11-13H2,(H2,34,35,36)(H2,27,28,30,31,33)/t18?,19?,25-/m1/s1. The number of ether oxygens (including phenoxy) is 3. The first kappa shape index (κ1) is 26.0. The Balaban J connectivity index is 1.25. The van der Waals surface area contributed by atoms with Gasteiger partial charge >= 0.3 is 13.6 Å². The molecular weight excluding hydrogens is 539 g/mol. The number of hydrogen-bond acceptors (Lipinski definition) is 8. The van der Waals surface area contributed by atoms with Gasteiger partial charge in [0.15, 0.2) is 34.7 Å². The number of imidazole rings is 1. The molecule has 2 unspecified atom stereocenters. The number of urea groups is 1. The number of nitrogens with one attached hydrogen (secondary N) is 2. The summed E-state index contributed by atoms with van der Waals surface area (Å²) in [6, 6.07) is 18.1. The number of para-hydroxylation sites is 1. The van der Waals surface area contributed by atoms with Crippen molar-refractivity contribution in [3.63, 3.8) is 0 Å². The van der Waals surface area contributed by atoms with Crippen LogP contribution in [0.1, 0.15) is 18.2 Å². The van der Waals surface area contributed by atoms with Crippen molar-refractivity contribution in [1.82, 2.24) is 19.5 Å². The minimum Gasteiger partial charge on any atom is -0.452 e. The third kappa shape index (κ3) is 5.54. The highest BCUT2D eigenvalue weighted by Gasteiger charge is 2.46. The third-order valence-corrected chi connectivity index (χ3v) is 7.21. The predicted octanol–water partition coefficient (Wildman–Crippen LogP) is 3.76. The average Bonchev–Trinajstić information content (AvgIpc) is 3.62. The molecule has 2 amide bonds. The molecule has 2 aliphatic rings. The van der Waals surface area contributed by atoms with Crippen LogP contribution in [0.2, 0.25) is 0 Å². The van der Waals surface area contributed by atoms with Crippen molar-refractivity contribution in [2.45, 2.75) is 31.5 Å². The lowest BCUT2D eigenvalue weighted by Gasteiger charge is -2.23. The van der Waals surface area contributed by atoms with E-state index in [2.05, 4.69) is 25.6 Å². The van der Waals surface area contributed by atoms with E-state index >= 15 is 0 Å². The maximum absolute atomic E-state index is 12.6. The van der Waals surface area contributed by atoms with Crippen molar-refractivity contribution >= 4 is 36.3 Å². The average molecular weight is 564 g/mol. The molecular formula is C26H25N6O7P. The van der Waals surface area contributed by atoms with Crippen LogP contribution in [0, 0.1) is 0 Å². The smallest absolute Gasteiger partial charge is 0.325 e. The van der Waals surface area contributed by atoms with Gasteiger partial charge in [-0.1, -0.05) is 48.5 Å². The van der Waals surface area contributed by atoms with Gasteiger partial charge < -0.3 is 29.3 Å².